The molecular formula is C26H40O3Si. The molecule has 0 amide bonds. The first-order chi connectivity index (χ1) is 14.1. The van der Waals surface area contributed by atoms with Gasteiger partial charge in [0.15, 0.2) is 14.1 Å². The fourth-order valence-corrected chi connectivity index (χ4v) is 4.43. The first-order valence-electron chi connectivity index (χ1n) is 11.3. The molecule has 0 aromatic rings. The number of rotatable bonds is 11. The first-order valence-corrected chi connectivity index (χ1v) is 14.2. The molecule has 0 spiro atoms. The molecular weight excluding hydrogens is 388 g/mol. The van der Waals surface area contributed by atoms with Gasteiger partial charge in [-0.2, -0.15) is 0 Å². The average Bonchev–Trinajstić information content (AvgIpc) is 3.01. The van der Waals surface area contributed by atoms with Crippen molar-refractivity contribution in [2.45, 2.75) is 96.9 Å². The Hall–Kier alpha value is -1.70. The Bertz CT molecular complexity index is 711. The van der Waals surface area contributed by atoms with Crippen molar-refractivity contribution >= 4 is 20.4 Å². The van der Waals surface area contributed by atoms with Crippen LogP contribution in [0, 0.1) is 17.8 Å². The molecule has 0 aromatic heterocycles. The van der Waals surface area contributed by atoms with Crippen LogP contribution in [0.4, 0.5) is 0 Å². The molecule has 1 aliphatic rings. The monoisotopic (exact) mass is 428 g/mol. The molecule has 30 heavy (non-hydrogen) atoms. The van der Waals surface area contributed by atoms with Gasteiger partial charge in [-0.25, -0.2) is 0 Å². The van der Waals surface area contributed by atoms with Crippen LogP contribution in [0.15, 0.2) is 36.0 Å². The summed E-state index contributed by atoms with van der Waals surface area (Å²) < 4.78 is 6.63. The van der Waals surface area contributed by atoms with Crippen LogP contribution in [0.1, 0.15) is 72.6 Å². The summed E-state index contributed by atoms with van der Waals surface area (Å²) in [5.74, 6) is 6.64. The zero-order valence-electron chi connectivity index (χ0n) is 19.8. The van der Waals surface area contributed by atoms with Gasteiger partial charge in [0.25, 0.3) is 0 Å². The summed E-state index contributed by atoms with van der Waals surface area (Å²) in [6, 6.07) is 0. The van der Waals surface area contributed by atoms with Crippen molar-refractivity contribution in [1.29, 1.82) is 0 Å². The molecule has 4 heteroatoms. The van der Waals surface area contributed by atoms with Gasteiger partial charge < -0.3 is 9.22 Å². The molecule has 0 saturated heterocycles. The van der Waals surface area contributed by atoms with Gasteiger partial charge in [-0.1, -0.05) is 52.0 Å². The zero-order valence-corrected chi connectivity index (χ0v) is 20.8. The standard InChI is InChI=1S/C26H40O3Si/c1-7-8-12-16-23(29-30(5,6)26(2,3)4)18-19-24-22(17-20-25(24)28)15-13-10-9-11-14-21-27/h10,13,17,19-23H,7,9,11,14-16,18H2,1-6H3/b13-10-,24-19+/t22-,23-/m0/s1. The third-order valence-electron chi connectivity index (χ3n) is 5.91. The summed E-state index contributed by atoms with van der Waals surface area (Å²) in [5.41, 5.74) is 0.875. The van der Waals surface area contributed by atoms with Crippen molar-refractivity contribution in [1.82, 2.24) is 0 Å². The van der Waals surface area contributed by atoms with E-state index in [0.717, 1.165) is 37.5 Å². The topological polar surface area (TPSA) is 43.4 Å². The minimum Gasteiger partial charge on any atom is -0.413 e. The second-order valence-electron chi connectivity index (χ2n) is 9.44. The summed E-state index contributed by atoms with van der Waals surface area (Å²) in [5, 5.41) is 0.137. The highest BCUT2D eigenvalue weighted by molar-refractivity contribution is 6.74. The van der Waals surface area contributed by atoms with Crippen molar-refractivity contribution in [3.8, 4) is 11.8 Å². The zero-order chi connectivity index (χ0) is 22.6. The maximum atomic E-state index is 12.4. The summed E-state index contributed by atoms with van der Waals surface area (Å²) >= 11 is 0. The molecule has 0 unspecified atom stereocenters. The second-order valence-corrected chi connectivity index (χ2v) is 14.2. The van der Waals surface area contributed by atoms with Crippen molar-refractivity contribution in [2.75, 3.05) is 0 Å². The van der Waals surface area contributed by atoms with Gasteiger partial charge in [-0.05, 0) is 49.9 Å². The molecule has 2 atom stereocenters. The number of unbranched alkanes of at least 4 members (excludes halogenated alkanes) is 2. The van der Waals surface area contributed by atoms with Crippen LogP contribution in [0.25, 0.3) is 0 Å². The van der Waals surface area contributed by atoms with E-state index in [0.29, 0.717) is 19.3 Å². The van der Waals surface area contributed by atoms with Gasteiger partial charge in [0.05, 0.1) is 6.10 Å². The Balaban J connectivity index is 2.83. The summed E-state index contributed by atoms with van der Waals surface area (Å²) in [6.07, 6.45) is 16.5. The van der Waals surface area contributed by atoms with Crippen molar-refractivity contribution in [3.05, 3.63) is 36.0 Å². The van der Waals surface area contributed by atoms with E-state index in [1.165, 1.54) is 0 Å². The highest BCUT2D eigenvalue weighted by Gasteiger charge is 2.39. The predicted octanol–water partition coefficient (Wildman–Crippen LogP) is 6.57. The smallest absolute Gasteiger partial charge is 0.192 e. The number of hydrogen-bond acceptors (Lipinski definition) is 3. The van der Waals surface area contributed by atoms with E-state index in [1.807, 2.05) is 6.08 Å². The number of carbonyl (C=O) groups is 2. The quantitative estimate of drug-likeness (QED) is 0.0933. The number of allylic oxidation sites excluding steroid dienone is 5. The van der Waals surface area contributed by atoms with Gasteiger partial charge >= 0.3 is 0 Å². The number of ketones is 1. The Kier molecular flexibility index (Phi) is 11.3. The van der Waals surface area contributed by atoms with Crippen LogP contribution >= 0.6 is 0 Å². The van der Waals surface area contributed by atoms with E-state index in [-0.39, 0.29) is 22.8 Å². The SMILES string of the molecule is CCC#CC[C@@H](C/C=C1/C(=O)C=C[C@@H]1C/C=C\CCCC=O)O[Si](C)(C)C(C)(C)C. The van der Waals surface area contributed by atoms with Crippen molar-refractivity contribution in [2.24, 2.45) is 5.92 Å². The van der Waals surface area contributed by atoms with Crippen LogP contribution in [0.2, 0.25) is 18.1 Å². The number of aldehydes is 1. The fourth-order valence-electron chi connectivity index (χ4n) is 3.06. The third kappa shape index (κ3) is 8.98. The van der Waals surface area contributed by atoms with E-state index < -0.39 is 8.32 Å². The molecule has 1 aliphatic carbocycles. The molecule has 0 fully saturated rings. The van der Waals surface area contributed by atoms with Gasteiger partial charge in [0.2, 0.25) is 0 Å². The molecule has 0 N–H and O–H groups in total. The lowest BCUT2D eigenvalue weighted by molar-refractivity contribution is -0.111. The molecule has 0 radical (unpaired) electrons. The highest BCUT2D eigenvalue weighted by Crippen LogP contribution is 2.38. The molecule has 0 aliphatic heterocycles. The normalized spacial score (nSPS) is 19.3. The van der Waals surface area contributed by atoms with E-state index >= 15 is 0 Å². The molecule has 0 saturated carbocycles. The lowest BCUT2D eigenvalue weighted by atomic mass is 9.96. The van der Waals surface area contributed by atoms with Crippen LogP contribution in [-0.4, -0.2) is 26.5 Å². The van der Waals surface area contributed by atoms with E-state index in [9.17, 15) is 9.59 Å². The number of hydrogen-bond donors (Lipinski definition) is 0. The van der Waals surface area contributed by atoms with E-state index in [1.54, 1.807) is 6.08 Å². The minimum absolute atomic E-state index is 0.0189. The fraction of sp³-hybridized carbons (Fsp3) is 0.615. The average molecular weight is 429 g/mol. The Morgan fingerprint density at radius 2 is 1.93 bits per heavy atom. The van der Waals surface area contributed by atoms with Crippen LogP contribution in [-0.2, 0) is 14.0 Å². The lowest BCUT2D eigenvalue weighted by Crippen LogP contribution is -2.43. The van der Waals surface area contributed by atoms with Crippen LogP contribution < -0.4 is 0 Å². The van der Waals surface area contributed by atoms with Crippen LogP contribution in [0.5, 0.6) is 0 Å². The van der Waals surface area contributed by atoms with Crippen LogP contribution in [0.3, 0.4) is 0 Å². The third-order valence-corrected chi connectivity index (χ3v) is 10.4. The highest BCUT2D eigenvalue weighted by atomic mass is 28.4. The summed E-state index contributed by atoms with van der Waals surface area (Å²) in [4.78, 5) is 22.8. The predicted molar refractivity (Wildman–Crippen MR) is 129 cm³/mol. The largest absolute Gasteiger partial charge is 0.413 e. The van der Waals surface area contributed by atoms with Gasteiger partial charge in [-0.15, -0.1) is 11.8 Å². The van der Waals surface area contributed by atoms with E-state index in [4.69, 9.17) is 4.43 Å². The minimum atomic E-state index is -1.91. The Morgan fingerprint density at radius 1 is 1.20 bits per heavy atom. The summed E-state index contributed by atoms with van der Waals surface area (Å²) in [7, 11) is -1.91. The maximum Gasteiger partial charge on any atom is 0.192 e. The molecule has 166 valence electrons. The van der Waals surface area contributed by atoms with Crippen molar-refractivity contribution in [3.63, 3.8) is 0 Å². The summed E-state index contributed by atoms with van der Waals surface area (Å²) in [6.45, 7) is 13.3. The van der Waals surface area contributed by atoms with Gasteiger partial charge in [0.1, 0.15) is 6.29 Å². The molecule has 0 bridgehead atoms. The number of carbonyl (C=O) groups excluding carboxylic acids is 2. The second kappa shape index (κ2) is 12.9. The lowest BCUT2D eigenvalue weighted by Gasteiger charge is -2.39. The van der Waals surface area contributed by atoms with Gasteiger partial charge in [-0.3, -0.25) is 4.79 Å². The van der Waals surface area contributed by atoms with E-state index in [2.05, 4.69) is 70.9 Å². The molecule has 1 rings (SSSR count). The Labute approximate surface area is 185 Å². The molecule has 3 nitrogen and oxygen atoms in total. The Morgan fingerprint density at radius 3 is 2.57 bits per heavy atom. The van der Waals surface area contributed by atoms with Crippen molar-refractivity contribution < 1.29 is 14.0 Å². The molecule has 0 heterocycles. The maximum absolute atomic E-state index is 12.4. The molecule has 0 aromatic carbocycles. The first kappa shape index (κ1) is 26.3. The van der Waals surface area contributed by atoms with Gasteiger partial charge in [0, 0.05) is 30.8 Å².